The topological polar surface area (TPSA) is 46.2 Å². The maximum atomic E-state index is 11.0. The van der Waals surface area contributed by atoms with Crippen LogP contribution in [-0.4, -0.2) is 25.6 Å². The molecule has 5 heteroatoms. The van der Waals surface area contributed by atoms with Gasteiger partial charge in [0.1, 0.15) is 0 Å². The van der Waals surface area contributed by atoms with Gasteiger partial charge in [-0.1, -0.05) is 0 Å². The number of nitrogens with one attached hydrogen (secondary N) is 1. The van der Waals surface area contributed by atoms with Crippen molar-refractivity contribution in [3.8, 4) is 0 Å². The Morgan fingerprint density at radius 1 is 1.55 bits per heavy atom. The number of hydrogen-bond acceptors (Lipinski definition) is 2. The second kappa shape index (κ2) is 2.92. The summed E-state index contributed by atoms with van der Waals surface area (Å²) in [5, 5.41) is 0. The van der Waals surface area contributed by atoms with Crippen LogP contribution in [0.3, 0.4) is 0 Å². The molecule has 0 aromatic rings. The molecule has 1 fully saturated rings. The molecule has 0 atom stereocenters. The summed E-state index contributed by atoms with van der Waals surface area (Å²) >= 11 is 5.59. The smallest absolute Gasteiger partial charge is 0.211 e. The fourth-order valence-corrected chi connectivity index (χ4v) is 2.31. The molecule has 1 rings (SSSR count). The van der Waals surface area contributed by atoms with Crippen LogP contribution in [0.25, 0.3) is 0 Å². The average molecular weight is 198 g/mol. The largest absolute Gasteiger partial charge is 0.212 e. The zero-order valence-electron chi connectivity index (χ0n) is 6.43. The highest BCUT2D eigenvalue weighted by Gasteiger charge is 2.44. The van der Waals surface area contributed by atoms with Crippen LogP contribution in [0, 0.1) is 0 Å². The van der Waals surface area contributed by atoms with Crippen molar-refractivity contribution in [1.82, 2.24) is 4.72 Å². The molecule has 1 N–H and O–H groups in total. The van der Waals surface area contributed by atoms with Gasteiger partial charge in [0, 0.05) is 11.4 Å². The molecule has 11 heavy (non-hydrogen) atoms. The molecule has 1 saturated carbocycles. The quantitative estimate of drug-likeness (QED) is 0.675. The van der Waals surface area contributed by atoms with Gasteiger partial charge in [-0.25, -0.2) is 13.1 Å². The lowest BCUT2D eigenvalue weighted by Gasteiger charge is -2.12. The Morgan fingerprint density at radius 2 is 2.09 bits per heavy atom. The first-order valence-electron chi connectivity index (χ1n) is 3.61. The highest BCUT2D eigenvalue weighted by molar-refractivity contribution is 7.89. The Morgan fingerprint density at radius 3 is 2.36 bits per heavy atom. The normalized spacial score (nSPS) is 21.6. The van der Waals surface area contributed by atoms with Crippen LogP contribution < -0.4 is 4.72 Å². The molecule has 0 unspecified atom stereocenters. The molecule has 0 aromatic heterocycles. The van der Waals surface area contributed by atoms with Gasteiger partial charge in [0.2, 0.25) is 10.0 Å². The molecule has 0 amide bonds. The van der Waals surface area contributed by atoms with Gasteiger partial charge in [-0.05, 0) is 19.8 Å². The van der Waals surface area contributed by atoms with Gasteiger partial charge in [-0.15, -0.1) is 11.6 Å². The van der Waals surface area contributed by atoms with Crippen molar-refractivity contribution in [2.45, 2.75) is 25.3 Å². The van der Waals surface area contributed by atoms with Crippen molar-refractivity contribution >= 4 is 21.6 Å². The lowest BCUT2D eigenvalue weighted by Crippen LogP contribution is -2.38. The zero-order chi connectivity index (χ0) is 8.54. The summed E-state index contributed by atoms with van der Waals surface area (Å²) < 4.78 is 24.7. The van der Waals surface area contributed by atoms with E-state index in [9.17, 15) is 8.42 Å². The molecule has 0 saturated heterocycles. The number of hydrogen-bond donors (Lipinski definition) is 1. The van der Waals surface area contributed by atoms with Gasteiger partial charge in [-0.2, -0.15) is 0 Å². The maximum absolute atomic E-state index is 11.0. The first-order valence-corrected chi connectivity index (χ1v) is 5.80. The van der Waals surface area contributed by atoms with Crippen LogP contribution in [0.15, 0.2) is 0 Å². The minimum atomic E-state index is -3.06. The third kappa shape index (κ3) is 2.32. The van der Waals surface area contributed by atoms with Crippen LogP contribution >= 0.6 is 11.6 Å². The third-order valence-electron chi connectivity index (χ3n) is 1.86. The van der Waals surface area contributed by atoms with Crippen LogP contribution in [-0.2, 0) is 10.0 Å². The van der Waals surface area contributed by atoms with E-state index in [2.05, 4.69) is 4.72 Å². The molecule has 0 bridgehead atoms. The van der Waals surface area contributed by atoms with Crippen molar-refractivity contribution < 1.29 is 8.42 Å². The van der Waals surface area contributed by atoms with Gasteiger partial charge in [-0.3, -0.25) is 0 Å². The monoisotopic (exact) mass is 197 g/mol. The van der Waals surface area contributed by atoms with E-state index < -0.39 is 10.0 Å². The summed E-state index contributed by atoms with van der Waals surface area (Å²) in [7, 11) is -3.06. The molecular formula is C6H12ClNO2S. The fraction of sp³-hybridized carbons (Fsp3) is 1.00. The van der Waals surface area contributed by atoms with Crippen molar-refractivity contribution in [1.29, 1.82) is 0 Å². The van der Waals surface area contributed by atoms with E-state index in [0.717, 1.165) is 12.8 Å². The van der Waals surface area contributed by atoms with Gasteiger partial charge in [0.25, 0.3) is 0 Å². The van der Waals surface area contributed by atoms with E-state index in [4.69, 9.17) is 11.6 Å². The first-order chi connectivity index (χ1) is 5.04. The standard InChI is InChI=1S/C6H12ClNO2S/c1-2-11(9,10)8-6(5-7)3-4-6/h8H,2-5H2,1H3. The Bertz CT molecular complexity index is 233. The van der Waals surface area contributed by atoms with Crippen molar-refractivity contribution in [3.05, 3.63) is 0 Å². The molecule has 3 nitrogen and oxygen atoms in total. The summed E-state index contributed by atoms with van der Waals surface area (Å²) in [5.41, 5.74) is -0.295. The lowest BCUT2D eigenvalue weighted by molar-refractivity contribution is 0.560. The minimum Gasteiger partial charge on any atom is -0.212 e. The molecule has 0 heterocycles. The van der Waals surface area contributed by atoms with E-state index in [1.807, 2.05) is 0 Å². The van der Waals surface area contributed by atoms with E-state index in [0.29, 0.717) is 5.88 Å². The summed E-state index contributed by atoms with van der Waals surface area (Å²) in [4.78, 5) is 0. The van der Waals surface area contributed by atoms with Gasteiger partial charge in [0.05, 0.1) is 5.75 Å². The Labute approximate surface area is 72.2 Å². The lowest BCUT2D eigenvalue weighted by atomic mass is 10.4. The van der Waals surface area contributed by atoms with E-state index in [-0.39, 0.29) is 11.3 Å². The Balaban J connectivity index is 2.55. The number of rotatable bonds is 4. The number of halogens is 1. The molecule has 1 aliphatic carbocycles. The van der Waals surface area contributed by atoms with Crippen LogP contribution in [0.1, 0.15) is 19.8 Å². The van der Waals surface area contributed by atoms with E-state index in [1.54, 1.807) is 6.92 Å². The molecule has 66 valence electrons. The van der Waals surface area contributed by atoms with E-state index in [1.165, 1.54) is 0 Å². The van der Waals surface area contributed by atoms with Crippen LogP contribution in [0.4, 0.5) is 0 Å². The third-order valence-corrected chi connectivity index (χ3v) is 3.88. The Hall–Kier alpha value is 0.200. The summed E-state index contributed by atoms with van der Waals surface area (Å²) in [5.74, 6) is 0.512. The van der Waals surface area contributed by atoms with Crippen LogP contribution in [0.2, 0.25) is 0 Å². The number of alkyl halides is 1. The highest BCUT2D eigenvalue weighted by atomic mass is 35.5. The molecular weight excluding hydrogens is 186 g/mol. The first kappa shape index (κ1) is 9.29. The van der Waals surface area contributed by atoms with Crippen molar-refractivity contribution in [2.24, 2.45) is 0 Å². The molecule has 0 aromatic carbocycles. The highest BCUT2D eigenvalue weighted by Crippen LogP contribution is 2.36. The van der Waals surface area contributed by atoms with Crippen molar-refractivity contribution in [3.63, 3.8) is 0 Å². The fourth-order valence-electron chi connectivity index (χ4n) is 0.816. The predicted molar refractivity (Wildman–Crippen MR) is 45.3 cm³/mol. The Kier molecular flexibility index (Phi) is 2.46. The van der Waals surface area contributed by atoms with Crippen molar-refractivity contribution in [2.75, 3.05) is 11.6 Å². The number of sulfonamides is 1. The second-order valence-corrected chi connectivity index (χ2v) is 5.20. The zero-order valence-corrected chi connectivity index (χ0v) is 8.00. The molecule has 0 aliphatic heterocycles. The second-order valence-electron chi connectivity index (χ2n) is 2.92. The summed E-state index contributed by atoms with van der Waals surface area (Å²) in [6.45, 7) is 1.62. The van der Waals surface area contributed by atoms with Gasteiger partial charge < -0.3 is 0 Å². The summed E-state index contributed by atoms with van der Waals surface area (Å²) in [6, 6.07) is 0. The average Bonchev–Trinajstić information content (AvgIpc) is 2.69. The molecule has 0 spiro atoms. The predicted octanol–water partition coefficient (Wildman–Crippen LogP) is 0.697. The van der Waals surface area contributed by atoms with Gasteiger partial charge >= 0.3 is 0 Å². The van der Waals surface area contributed by atoms with Gasteiger partial charge in [0.15, 0.2) is 0 Å². The SMILES string of the molecule is CCS(=O)(=O)NC1(CCl)CC1. The maximum Gasteiger partial charge on any atom is 0.211 e. The molecule has 1 aliphatic rings. The van der Waals surface area contributed by atoms with E-state index >= 15 is 0 Å². The minimum absolute atomic E-state index is 0.131. The van der Waals surface area contributed by atoms with Crippen LogP contribution in [0.5, 0.6) is 0 Å². The molecule has 0 radical (unpaired) electrons. The summed E-state index contributed by atoms with van der Waals surface area (Å²) in [6.07, 6.45) is 1.74.